The molecule has 0 bridgehead atoms. The smallest absolute Gasteiger partial charge is 0.303 e. The Hall–Kier alpha value is -1.67. The summed E-state index contributed by atoms with van der Waals surface area (Å²) in [6.07, 6.45) is 6.86. The highest BCUT2D eigenvalue weighted by molar-refractivity contribution is 7.90. The monoisotopic (exact) mass is 397 g/mol. The Morgan fingerprint density at radius 3 is 2.44 bits per heavy atom. The number of piperidine rings is 1. The lowest BCUT2D eigenvalue weighted by Gasteiger charge is -2.35. The predicted molar refractivity (Wildman–Crippen MR) is 103 cm³/mol. The second-order valence-electron chi connectivity index (χ2n) is 7.49. The molecule has 6 nitrogen and oxygen atoms in total. The molecule has 0 radical (unpaired) electrons. The summed E-state index contributed by atoms with van der Waals surface area (Å²) < 4.78 is 41.5. The molecule has 1 atom stereocenters. The maximum atomic E-state index is 13.1. The number of carbonyl (C=O) groups excluding carboxylic acids is 1. The van der Waals surface area contributed by atoms with Crippen molar-refractivity contribution >= 4 is 21.8 Å². The van der Waals surface area contributed by atoms with E-state index in [1.807, 2.05) is 0 Å². The van der Waals surface area contributed by atoms with Gasteiger partial charge in [-0.25, -0.2) is 4.39 Å². The summed E-state index contributed by atoms with van der Waals surface area (Å²) in [7, 11) is -2.31. The van der Waals surface area contributed by atoms with Crippen LogP contribution in [0.1, 0.15) is 44.9 Å². The van der Waals surface area contributed by atoms with E-state index in [9.17, 15) is 17.6 Å². The number of nitrogens with one attached hydrogen (secondary N) is 1. The molecule has 1 aliphatic heterocycles. The lowest BCUT2D eigenvalue weighted by atomic mass is 9.93. The molecule has 0 unspecified atom stereocenters. The molecule has 1 amide bonds. The number of benzene rings is 1. The molecular weight excluding hydrogens is 369 g/mol. The standard InChI is InChI=1S/C19H28FN3O3S/c1-22(18-11-9-16(20)10-12-18)27(25,26)23-13-5-6-15(14-23)19(24)21-17-7-3-2-4-8-17/h9-12,15,17H,2-8,13-14H2,1H3,(H,21,24)/t15-/m1/s1. The van der Waals surface area contributed by atoms with Gasteiger partial charge in [-0.3, -0.25) is 9.10 Å². The molecule has 1 N–H and O–H groups in total. The first-order chi connectivity index (χ1) is 12.9. The number of anilines is 1. The van der Waals surface area contributed by atoms with Crippen molar-refractivity contribution in [1.82, 2.24) is 9.62 Å². The van der Waals surface area contributed by atoms with Crippen LogP contribution in [0.2, 0.25) is 0 Å². The minimum Gasteiger partial charge on any atom is -0.353 e. The lowest BCUT2D eigenvalue weighted by Crippen LogP contribution is -2.51. The van der Waals surface area contributed by atoms with Gasteiger partial charge in [-0.05, 0) is 49.9 Å². The average molecular weight is 398 g/mol. The van der Waals surface area contributed by atoms with E-state index < -0.39 is 16.0 Å². The van der Waals surface area contributed by atoms with E-state index in [-0.39, 0.29) is 24.4 Å². The maximum absolute atomic E-state index is 13.1. The quantitative estimate of drug-likeness (QED) is 0.830. The first-order valence-corrected chi connectivity index (χ1v) is 11.1. The Balaban J connectivity index is 1.65. The van der Waals surface area contributed by atoms with Gasteiger partial charge >= 0.3 is 10.2 Å². The number of rotatable bonds is 5. The molecule has 0 aromatic heterocycles. The van der Waals surface area contributed by atoms with Crippen molar-refractivity contribution in [3.63, 3.8) is 0 Å². The van der Waals surface area contributed by atoms with Crippen LogP contribution in [-0.2, 0) is 15.0 Å². The zero-order valence-electron chi connectivity index (χ0n) is 15.7. The van der Waals surface area contributed by atoms with Crippen LogP contribution < -0.4 is 9.62 Å². The van der Waals surface area contributed by atoms with E-state index in [1.54, 1.807) is 0 Å². The fourth-order valence-electron chi connectivity index (χ4n) is 3.89. The Kier molecular flexibility index (Phi) is 6.37. The Morgan fingerprint density at radius 1 is 1.11 bits per heavy atom. The molecule has 2 aliphatic rings. The molecule has 1 aliphatic carbocycles. The van der Waals surface area contributed by atoms with E-state index in [4.69, 9.17) is 0 Å². The van der Waals surface area contributed by atoms with Gasteiger partial charge in [-0.15, -0.1) is 0 Å². The van der Waals surface area contributed by atoms with Crippen LogP contribution in [0.4, 0.5) is 10.1 Å². The molecule has 1 saturated carbocycles. The summed E-state index contributed by atoms with van der Waals surface area (Å²) in [6, 6.07) is 5.56. The van der Waals surface area contributed by atoms with Crippen molar-refractivity contribution in [2.75, 3.05) is 24.4 Å². The highest BCUT2D eigenvalue weighted by Crippen LogP contribution is 2.25. The second kappa shape index (κ2) is 8.56. The lowest BCUT2D eigenvalue weighted by molar-refractivity contribution is -0.127. The van der Waals surface area contributed by atoms with Crippen LogP contribution in [0.5, 0.6) is 0 Å². The number of hydrogen-bond acceptors (Lipinski definition) is 3. The highest BCUT2D eigenvalue weighted by Gasteiger charge is 2.35. The zero-order chi connectivity index (χ0) is 19.4. The summed E-state index contributed by atoms with van der Waals surface area (Å²) >= 11 is 0. The van der Waals surface area contributed by atoms with Crippen molar-refractivity contribution in [2.45, 2.75) is 51.0 Å². The molecule has 27 heavy (non-hydrogen) atoms. The Morgan fingerprint density at radius 2 is 1.78 bits per heavy atom. The minimum atomic E-state index is -3.76. The molecule has 0 spiro atoms. The first-order valence-electron chi connectivity index (χ1n) is 9.68. The number of carbonyl (C=O) groups is 1. The third kappa shape index (κ3) is 4.79. The summed E-state index contributed by atoms with van der Waals surface area (Å²) in [5.41, 5.74) is 0.394. The van der Waals surface area contributed by atoms with Gasteiger partial charge in [0, 0.05) is 26.2 Å². The van der Waals surface area contributed by atoms with Crippen molar-refractivity contribution in [3.05, 3.63) is 30.1 Å². The van der Waals surface area contributed by atoms with E-state index in [0.717, 1.165) is 30.0 Å². The third-order valence-corrected chi connectivity index (χ3v) is 7.46. The Bertz CT molecular complexity index is 748. The summed E-state index contributed by atoms with van der Waals surface area (Å²) in [4.78, 5) is 12.6. The summed E-state index contributed by atoms with van der Waals surface area (Å²) in [5, 5.41) is 3.11. The molecule has 3 rings (SSSR count). The highest BCUT2D eigenvalue weighted by atomic mass is 32.2. The maximum Gasteiger partial charge on any atom is 0.303 e. The van der Waals surface area contributed by atoms with Gasteiger partial charge < -0.3 is 5.32 Å². The molecule has 1 heterocycles. The third-order valence-electron chi connectivity index (χ3n) is 5.57. The van der Waals surface area contributed by atoms with E-state index in [1.165, 1.54) is 42.0 Å². The fourth-order valence-corrected chi connectivity index (χ4v) is 5.35. The number of halogens is 1. The molecule has 8 heteroatoms. The van der Waals surface area contributed by atoms with Crippen LogP contribution >= 0.6 is 0 Å². The van der Waals surface area contributed by atoms with E-state index in [2.05, 4.69) is 5.32 Å². The van der Waals surface area contributed by atoms with Gasteiger partial charge in [0.05, 0.1) is 11.6 Å². The second-order valence-corrected chi connectivity index (χ2v) is 9.45. The van der Waals surface area contributed by atoms with E-state index in [0.29, 0.717) is 25.1 Å². The number of amides is 1. The van der Waals surface area contributed by atoms with Crippen LogP contribution in [-0.4, -0.2) is 44.8 Å². The molecule has 150 valence electrons. The average Bonchev–Trinajstić information content (AvgIpc) is 2.69. The molecule has 1 aromatic rings. The van der Waals surface area contributed by atoms with Gasteiger partial charge in [0.2, 0.25) is 5.91 Å². The van der Waals surface area contributed by atoms with Crippen LogP contribution in [0, 0.1) is 11.7 Å². The number of hydrogen-bond donors (Lipinski definition) is 1. The van der Waals surface area contributed by atoms with Crippen molar-refractivity contribution in [1.29, 1.82) is 0 Å². The molecule has 2 fully saturated rings. The molecular formula is C19H28FN3O3S. The van der Waals surface area contributed by atoms with Crippen LogP contribution in [0.3, 0.4) is 0 Å². The molecule has 1 saturated heterocycles. The largest absolute Gasteiger partial charge is 0.353 e. The SMILES string of the molecule is CN(c1ccc(F)cc1)S(=O)(=O)N1CCC[C@@H](C(=O)NC2CCCCC2)C1. The Labute approximate surface area is 160 Å². The van der Waals surface area contributed by atoms with Crippen molar-refractivity contribution in [3.8, 4) is 0 Å². The van der Waals surface area contributed by atoms with Gasteiger partial charge in [-0.1, -0.05) is 19.3 Å². The van der Waals surface area contributed by atoms with Crippen LogP contribution in [0.25, 0.3) is 0 Å². The number of nitrogens with zero attached hydrogens (tertiary/aromatic N) is 2. The zero-order valence-corrected chi connectivity index (χ0v) is 16.5. The fraction of sp³-hybridized carbons (Fsp3) is 0.632. The van der Waals surface area contributed by atoms with Crippen molar-refractivity contribution < 1.29 is 17.6 Å². The van der Waals surface area contributed by atoms with Gasteiger partial charge in [0.1, 0.15) is 5.82 Å². The van der Waals surface area contributed by atoms with Gasteiger partial charge in [-0.2, -0.15) is 12.7 Å². The molecule has 1 aromatic carbocycles. The van der Waals surface area contributed by atoms with Crippen molar-refractivity contribution in [2.24, 2.45) is 5.92 Å². The van der Waals surface area contributed by atoms with E-state index >= 15 is 0 Å². The normalized spacial score (nSPS) is 22.4. The topological polar surface area (TPSA) is 69.7 Å². The van der Waals surface area contributed by atoms with Crippen LogP contribution in [0.15, 0.2) is 24.3 Å². The minimum absolute atomic E-state index is 0.0359. The summed E-state index contributed by atoms with van der Waals surface area (Å²) in [6.45, 7) is 0.577. The summed E-state index contributed by atoms with van der Waals surface area (Å²) in [5.74, 6) is -0.773. The van der Waals surface area contributed by atoms with Gasteiger partial charge in [0.25, 0.3) is 0 Å². The first kappa shape index (κ1) is 20.1. The van der Waals surface area contributed by atoms with Gasteiger partial charge in [0.15, 0.2) is 0 Å². The predicted octanol–water partition coefficient (Wildman–Crippen LogP) is 2.67.